The fourth-order valence-corrected chi connectivity index (χ4v) is 1.05. The molecule has 16 heavy (non-hydrogen) atoms. The van der Waals surface area contributed by atoms with Crippen LogP contribution in [-0.4, -0.2) is 24.0 Å². The van der Waals surface area contributed by atoms with Gasteiger partial charge in [-0.15, -0.1) is 0 Å². The lowest BCUT2D eigenvalue weighted by Crippen LogP contribution is -2.27. The van der Waals surface area contributed by atoms with Crippen LogP contribution in [0, 0.1) is 0 Å². The summed E-state index contributed by atoms with van der Waals surface area (Å²) in [6.45, 7) is 0. The van der Waals surface area contributed by atoms with E-state index in [-0.39, 0.29) is 4.99 Å². The lowest BCUT2D eigenvalue weighted by atomic mass is 10.2. The average molecular weight is 238 g/mol. The van der Waals surface area contributed by atoms with Crippen LogP contribution in [-0.2, 0) is 9.53 Å². The molecule has 6 heteroatoms. The average Bonchev–Trinajstić information content (AvgIpc) is 2.28. The minimum absolute atomic E-state index is 0.239. The van der Waals surface area contributed by atoms with Crippen LogP contribution in [0.3, 0.4) is 0 Å². The van der Waals surface area contributed by atoms with Crippen LogP contribution in [0.1, 0.15) is 10.4 Å². The van der Waals surface area contributed by atoms with E-state index in [1.807, 2.05) is 0 Å². The molecule has 1 rings (SSSR count). The van der Waals surface area contributed by atoms with Crippen LogP contribution in [0.25, 0.3) is 0 Å². The summed E-state index contributed by atoms with van der Waals surface area (Å²) in [5.41, 5.74) is 6.03. The van der Waals surface area contributed by atoms with Gasteiger partial charge >= 0.3 is 5.97 Å². The number of anilines is 1. The minimum atomic E-state index is -0.541. The van der Waals surface area contributed by atoms with Crippen molar-refractivity contribution in [2.75, 3.05) is 12.4 Å². The monoisotopic (exact) mass is 238 g/mol. The molecule has 0 heterocycles. The summed E-state index contributed by atoms with van der Waals surface area (Å²) in [7, 11) is 1.30. The van der Waals surface area contributed by atoms with Crippen LogP contribution in [0.15, 0.2) is 24.3 Å². The quantitative estimate of drug-likeness (QED) is 0.585. The second-order valence-electron chi connectivity index (χ2n) is 2.89. The summed E-state index contributed by atoms with van der Waals surface area (Å²) in [4.78, 5) is 22.0. The van der Waals surface area contributed by atoms with Gasteiger partial charge in [0.2, 0.25) is 0 Å². The molecule has 3 N–H and O–H groups in total. The van der Waals surface area contributed by atoms with Crippen molar-refractivity contribution in [3.63, 3.8) is 0 Å². The Morgan fingerprint density at radius 3 is 2.31 bits per heavy atom. The number of esters is 1. The Morgan fingerprint density at radius 2 is 1.88 bits per heavy atom. The molecule has 0 aliphatic heterocycles. The SMILES string of the molecule is COC(=O)c1ccc(NC(=O)C(N)=S)cc1. The van der Waals surface area contributed by atoms with Gasteiger partial charge in [0.1, 0.15) is 0 Å². The fourth-order valence-electron chi connectivity index (χ4n) is 1.00. The highest BCUT2D eigenvalue weighted by Gasteiger charge is 2.07. The van der Waals surface area contributed by atoms with Gasteiger partial charge in [-0.2, -0.15) is 0 Å². The maximum atomic E-state index is 11.1. The number of nitrogens with two attached hydrogens (primary N) is 1. The summed E-state index contributed by atoms with van der Waals surface area (Å²) < 4.78 is 4.53. The van der Waals surface area contributed by atoms with Gasteiger partial charge in [0.05, 0.1) is 12.7 Å². The van der Waals surface area contributed by atoms with Gasteiger partial charge in [-0.25, -0.2) is 4.79 Å². The largest absolute Gasteiger partial charge is 0.465 e. The molecule has 84 valence electrons. The number of methoxy groups -OCH3 is 1. The summed E-state index contributed by atoms with van der Waals surface area (Å²) in [6, 6.07) is 6.17. The molecule has 0 atom stereocenters. The van der Waals surface area contributed by atoms with Crippen molar-refractivity contribution in [2.45, 2.75) is 0 Å². The highest BCUT2D eigenvalue weighted by Crippen LogP contribution is 2.10. The van der Waals surface area contributed by atoms with Crippen LogP contribution < -0.4 is 11.1 Å². The number of nitrogens with one attached hydrogen (secondary N) is 1. The van der Waals surface area contributed by atoms with E-state index < -0.39 is 11.9 Å². The molecule has 0 saturated heterocycles. The Bertz CT molecular complexity index is 428. The molecule has 0 bridgehead atoms. The van der Waals surface area contributed by atoms with Gasteiger partial charge in [0.15, 0.2) is 4.99 Å². The molecule has 1 aromatic carbocycles. The van der Waals surface area contributed by atoms with Gasteiger partial charge in [-0.1, -0.05) is 12.2 Å². The Morgan fingerprint density at radius 1 is 1.31 bits per heavy atom. The number of benzene rings is 1. The standard InChI is InChI=1S/C10H10N2O3S/c1-15-10(14)6-2-4-7(5-3-6)12-9(13)8(11)16/h2-5H,1H3,(H2,11,16)(H,12,13). The lowest BCUT2D eigenvalue weighted by Gasteiger charge is -2.04. The molecule has 1 amide bonds. The zero-order valence-electron chi connectivity index (χ0n) is 8.52. The minimum Gasteiger partial charge on any atom is -0.465 e. The first kappa shape index (κ1) is 12.1. The Hall–Kier alpha value is -1.95. The Kier molecular flexibility index (Phi) is 3.96. The van der Waals surface area contributed by atoms with E-state index in [4.69, 9.17) is 5.73 Å². The van der Waals surface area contributed by atoms with Crippen LogP contribution >= 0.6 is 12.2 Å². The van der Waals surface area contributed by atoms with E-state index in [1.54, 1.807) is 12.1 Å². The Labute approximate surface area is 97.6 Å². The van der Waals surface area contributed by atoms with Gasteiger partial charge in [-0.05, 0) is 24.3 Å². The molecule has 0 unspecified atom stereocenters. The summed E-state index contributed by atoms with van der Waals surface area (Å²) in [6.07, 6.45) is 0. The van der Waals surface area contributed by atoms with E-state index >= 15 is 0 Å². The normalized spacial score (nSPS) is 9.31. The van der Waals surface area contributed by atoms with Crippen LogP contribution in [0.4, 0.5) is 5.69 Å². The van der Waals surface area contributed by atoms with E-state index in [9.17, 15) is 9.59 Å². The van der Waals surface area contributed by atoms with E-state index in [0.29, 0.717) is 11.3 Å². The molecule has 1 aromatic rings. The summed E-state index contributed by atoms with van der Waals surface area (Å²) in [5, 5.41) is 2.47. The number of hydrogen-bond acceptors (Lipinski definition) is 4. The smallest absolute Gasteiger partial charge is 0.337 e. The zero-order chi connectivity index (χ0) is 12.1. The van der Waals surface area contributed by atoms with Crippen molar-refractivity contribution >= 4 is 34.8 Å². The van der Waals surface area contributed by atoms with E-state index in [1.165, 1.54) is 19.2 Å². The maximum absolute atomic E-state index is 11.1. The molecule has 0 aliphatic carbocycles. The first-order valence-corrected chi connectivity index (χ1v) is 4.74. The molecule has 0 spiro atoms. The van der Waals surface area contributed by atoms with Crippen molar-refractivity contribution in [3.8, 4) is 0 Å². The van der Waals surface area contributed by atoms with Crippen molar-refractivity contribution in [2.24, 2.45) is 5.73 Å². The number of thiocarbonyl (C=S) groups is 1. The number of rotatable bonds is 2. The van der Waals surface area contributed by atoms with Gasteiger partial charge in [0, 0.05) is 5.69 Å². The number of hydrogen-bond donors (Lipinski definition) is 2. The topological polar surface area (TPSA) is 81.4 Å². The highest BCUT2D eigenvalue weighted by atomic mass is 32.1. The van der Waals surface area contributed by atoms with Crippen LogP contribution in [0.2, 0.25) is 0 Å². The number of ether oxygens (including phenoxy) is 1. The predicted octanol–water partition coefficient (Wildman–Crippen LogP) is 0.698. The summed E-state index contributed by atoms with van der Waals surface area (Å²) in [5.74, 6) is -0.979. The third-order valence-corrected chi connectivity index (χ3v) is 1.97. The van der Waals surface area contributed by atoms with Crippen molar-refractivity contribution in [1.29, 1.82) is 0 Å². The van der Waals surface area contributed by atoms with Crippen LogP contribution in [0.5, 0.6) is 0 Å². The highest BCUT2D eigenvalue weighted by molar-refractivity contribution is 7.82. The first-order chi connectivity index (χ1) is 7.54. The molecule has 0 aliphatic rings. The van der Waals surface area contributed by atoms with E-state index in [0.717, 1.165) is 0 Å². The Balaban J connectivity index is 2.76. The predicted molar refractivity (Wildman–Crippen MR) is 63.2 cm³/mol. The first-order valence-electron chi connectivity index (χ1n) is 4.33. The second kappa shape index (κ2) is 5.22. The third-order valence-electron chi connectivity index (χ3n) is 1.79. The molecule has 5 nitrogen and oxygen atoms in total. The molecule has 0 saturated carbocycles. The maximum Gasteiger partial charge on any atom is 0.337 e. The van der Waals surface area contributed by atoms with Crippen molar-refractivity contribution in [1.82, 2.24) is 0 Å². The second-order valence-corrected chi connectivity index (χ2v) is 3.33. The van der Waals surface area contributed by atoms with Crippen molar-refractivity contribution < 1.29 is 14.3 Å². The number of amides is 1. The molecule has 0 aromatic heterocycles. The molecular formula is C10H10N2O3S. The van der Waals surface area contributed by atoms with Gasteiger partial charge in [-0.3, -0.25) is 4.79 Å². The fraction of sp³-hybridized carbons (Fsp3) is 0.100. The molecule has 0 fully saturated rings. The van der Waals surface area contributed by atoms with E-state index in [2.05, 4.69) is 22.3 Å². The zero-order valence-corrected chi connectivity index (χ0v) is 9.34. The lowest BCUT2D eigenvalue weighted by molar-refractivity contribution is -0.110. The molecule has 0 radical (unpaired) electrons. The third kappa shape index (κ3) is 3.03. The molecular weight excluding hydrogens is 228 g/mol. The van der Waals surface area contributed by atoms with Gasteiger partial charge in [0.25, 0.3) is 5.91 Å². The van der Waals surface area contributed by atoms with Gasteiger partial charge < -0.3 is 15.8 Å². The van der Waals surface area contributed by atoms with Crippen molar-refractivity contribution in [3.05, 3.63) is 29.8 Å². The summed E-state index contributed by atoms with van der Waals surface area (Å²) >= 11 is 4.50. The number of carbonyl (C=O) groups excluding carboxylic acids is 2. The number of carbonyl (C=O) groups is 2.